The molecule has 0 atom stereocenters. The summed E-state index contributed by atoms with van der Waals surface area (Å²) in [6, 6.07) is 9.68. The van der Waals surface area contributed by atoms with Crippen molar-refractivity contribution in [1.29, 1.82) is 0 Å². The lowest BCUT2D eigenvalue weighted by Gasteiger charge is -2.00. The van der Waals surface area contributed by atoms with Crippen molar-refractivity contribution in [3.63, 3.8) is 0 Å². The molecule has 110 valence electrons. The van der Waals surface area contributed by atoms with Crippen molar-refractivity contribution in [2.75, 3.05) is 0 Å². The molecular formula is C16H12N2O3S. The third kappa shape index (κ3) is 2.56. The van der Waals surface area contributed by atoms with Crippen LogP contribution in [0.25, 0.3) is 17.1 Å². The van der Waals surface area contributed by atoms with Crippen LogP contribution in [0.15, 0.2) is 41.3 Å². The molecule has 6 heteroatoms. The van der Waals surface area contributed by atoms with Crippen LogP contribution in [0, 0.1) is 6.92 Å². The lowest BCUT2D eigenvalue weighted by molar-refractivity contribution is 0.0702. The van der Waals surface area contributed by atoms with Gasteiger partial charge in [0, 0.05) is 11.8 Å². The Labute approximate surface area is 129 Å². The predicted molar refractivity (Wildman–Crippen MR) is 86.4 cm³/mol. The summed E-state index contributed by atoms with van der Waals surface area (Å²) in [5, 5.41) is 9.02. The molecule has 22 heavy (non-hydrogen) atoms. The van der Waals surface area contributed by atoms with Crippen LogP contribution in [-0.4, -0.2) is 20.5 Å². The third-order valence-corrected chi connectivity index (χ3v) is 4.21. The molecule has 2 aromatic heterocycles. The predicted octanol–water partition coefficient (Wildman–Crippen LogP) is 2.93. The quantitative estimate of drug-likeness (QED) is 0.807. The highest BCUT2D eigenvalue weighted by atomic mass is 32.1. The molecule has 0 unspecified atom stereocenters. The standard InChI is InChI=1S/C16H12N2O3S/c1-10-12(8-7-11-5-3-2-4-6-11)17-16-18(14(10)19)9-13(22-16)15(20)21/h2-9H,1H3,(H,20,21)/b8-7+. The zero-order valence-electron chi connectivity index (χ0n) is 11.7. The minimum Gasteiger partial charge on any atom is -0.477 e. The number of nitrogens with zero attached hydrogens (tertiary/aromatic N) is 2. The van der Waals surface area contributed by atoms with E-state index in [4.69, 9.17) is 5.11 Å². The van der Waals surface area contributed by atoms with Crippen LogP contribution < -0.4 is 5.56 Å². The Balaban J connectivity index is 2.10. The van der Waals surface area contributed by atoms with Crippen molar-refractivity contribution >= 4 is 34.4 Å². The van der Waals surface area contributed by atoms with E-state index in [0.717, 1.165) is 16.9 Å². The van der Waals surface area contributed by atoms with Crippen LogP contribution in [0.1, 0.15) is 26.5 Å². The van der Waals surface area contributed by atoms with Crippen molar-refractivity contribution < 1.29 is 9.90 Å². The molecule has 5 nitrogen and oxygen atoms in total. The van der Waals surface area contributed by atoms with Gasteiger partial charge in [-0.05, 0) is 18.6 Å². The smallest absolute Gasteiger partial charge is 0.347 e. The molecular weight excluding hydrogens is 300 g/mol. The molecule has 0 saturated carbocycles. The number of fused-ring (bicyclic) bond motifs is 1. The van der Waals surface area contributed by atoms with E-state index < -0.39 is 5.97 Å². The molecule has 2 heterocycles. The molecule has 0 radical (unpaired) electrons. The summed E-state index contributed by atoms with van der Waals surface area (Å²) in [5.74, 6) is -1.06. The van der Waals surface area contributed by atoms with Gasteiger partial charge >= 0.3 is 5.97 Å². The van der Waals surface area contributed by atoms with Gasteiger partial charge in [0.25, 0.3) is 5.56 Å². The van der Waals surface area contributed by atoms with Crippen molar-refractivity contribution in [1.82, 2.24) is 9.38 Å². The zero-order chi connectivity index (χ0) is 15.7. The van der Waals surface area contributed by atoms with Crippen LogP contribution >= 0.6 is 11.3 Å². The molecule has 0 aliphatic carbocycles. The summed E-state index contributed by atoms with van der Waals surface area (Å²) in [4.78, 5) is 28.2. The summed E-state index contributed by atoms with van der Waals surface area (Å²) in [6.45, 7) is 1.69. The highest BCUT2D eigenvalue weighted by Gasteiger charge is 2.13. The van der Waals surface area contributed by atoms with Crippen molar-refractivity contribution in [2.45, 2.75) is 6.92 Å². The minimum atomic E-state index is -1.06. The first-order valence-corrected chi connectivity index (χ1v) is 7.37. The molecule has 3 rings (SSSR count). The fourth-order valence-electron chi connectivity index (χ4n) is 2.05. The number of thiazole rings is 1. The Kier molecular flexibility index (Phi) is 3.60. The van der Waals surface area contributed by atoms with Crippen LogP contribution in [0.2, 0.25) is 0 Å². The number of aromatic nitrogens is 2. The first-order chi connectivity index (χ1) is 10.6. The molecule has 1 aromatic carbocycles. The van der Waals surface area contributed by atoms with E-state index in [1.54, 1.807) is 13.0 Å². The van der Waals surface area contributed by atoms with E-state index in [9.17, 15) is 9.59 Å². The number of carbonyl (C=O) groups is 1. The molecule has 1 N–H and O–H groups in total. The van der Waals surface area contributed by atoms with E-state index in [2.05, 4.69) is 4.98 Å². The van der Waals surface area contributed by atoms with Crippen LogP contribution in [0.5, 0.6) is 0 Å². The van der Waals surface area contributed by atoms with Crippen LogP contribution in [0.3, 0.4) is 0 Å². The van der Waals surface area contributed by atoms with Gasteiger partial charge < -0.3 is 5.11 Å². The summed E-state index contributed by atoms with van der Waals surface area (Å²) in [5.41, 5.74) is 1.79. The molecule has 0 saturated heterocycles. The molecule has 0 amide bonds. The fourth-order valence-corrected chi connectivity index (χ4v) is 2.87. The van der Waals surface area contributed by atoms with Gasteiger partial charge in [0.05, 0.1) is 5.69 Å². The Morgan fingerprint density at radius 2 is 2.00 bits per heavy atom. The highest BCUT2D eigenvalue weighted by Crippen LogP contribution is 2.17. The van der Waals surface area contributed by atoms with E-state index in [1.165, 1.54) is 10.6 Å². The number of hydrogen-bond acceptors (Lipinski definition) is 4. The second-order valence-electron chi connectivity index (χ2n) is 4.72. The molecule has 0 aliphatic heterocycles. The minimum absolute atomic E-state index is 0.0909. The number of carboxylic acid groups (broad SMARTS) is 1. The second-order valence-corrected chi connectivity index (χ2v) is 5.73. The van der Waals surface area contributed by atoms with Gasteiger partial charge in [-0.1, -0.05) is 47.7 Å². The van der Waals surface area contributed by atoms with Crippen LogP contribution in [0.4, 0.5) is 0 Å². The molecule has 0 fully saturated rings. The Morgan fingerprint density at radius 1 is 1.27 bits per heavy atom. The fraction of sp³-hybridized carbons (Fsp3) is 0.0625. The highest BCUT2D eigenvalue weighted by molar-refractivity contribution is 7.18. The first-order valence-electron chi connectivity index (χ1n) is 6.55. The molecule has 0 aliphatic rings. The number of rotatable bonds is 3. The summed E-state index contributed by atoms with van der Waals surface area (Å²) >= 11 is 0.983. The molecule has 0 bridgehead atoms. The second kappa shape index (κ2) is 5.57. The van der Waals surface area contributed by atoms with E-state index in [1.807, 2.05) is 36.4 Å². The summed E-state index contributed by atoms with van der Waals surface area (Å²) < 4.78 is 1.28. The van der Waals surface area contributed by atoms with Gasteiger partial charge in [-0.25, -0.2) is 9.78 Å². The number of carboxylic acids is 1. The topological polar surface area (TPSA) is 71.7 Å². The Hall–Kier alpha value is -2.73. The normalized spacial score (nSPS) is 11.3. The van der Waals surface area contributed by atoms with Gasteiger partial charge in [-0.15, -0.1) is 0 Å². The van der Waals surface area contributed by atoms with E-state index in [-0.39, 0.29) is 10.4 Å². The number of benzene rings is 1. The van der Waals surface area contributed by atoms with Crippen LogP contribution in [-0.2, 0) is 0 Å². The lowest BCUT2D eigenvalue weighted by atomic mass is 10.1. The molecule has 0 spiro atoms. The maximum Gasteiger partial charge on any atom is 0.347 e. The first kappa shape index (κ1) is 14.2. The Bertz CT molecular complexity index is 939. The maximum atomic E-state index is 12.3. The SMILES string of the molecule is Cc1c(/C=C/c2ccccc2)nc2sc(C(=O)O)cn2c1=O. The maximum absolute atomic E-state index is 12.3. The summed E-state index contributed by atoms with van der Waals surface area (Å²) in [6.07, 6.45) is 4.96. The lowest BCUT2D eigenvalue weighted by Crippen LogP contribution is -2.17. The Morgan fingerprint density at radius 3 is 2.68 bits per heavy atom. The summed E-state index contributed by atoms with van der Waals surface area (Å²) in [7, 11) is 0. The number of aromatic carboxylic acids is 1. The monoisotopic (exact) mass is 312 g/mol. The van der Waals surface area contributed by atoms with Gasteiger partial charge in [0.15, 0.2) is 4.96 Å². The van der Waals surface area contributed by atoms with Gasteiger partial charge in [0.1, 0.15) is 4.88 Å². The van der Waals surface area contributed by atoms with Crippen molar-refractivity contribution in [3.8, 4) is 0 Å². The van der Waals surface area contributed by atoms with E-state index >= 15 is 0 Å². The largest absolute Gasteiger partial charge is 0.477 e. The zero-order valence-corrected chi connectivity index (χ0v) is 12.5. The molecule has 3 aromatic rings. The average Bonchev–Trinajstić information content (AvgIpc) is 2.95. The van der Waals surface area contributed by atoms with E-state index in [0.29, 0.717) is 16.2 Å². The van der Waals surface area contributed by atoms with Gasteiger partial charge in [0.2, 0.25) is 0 Å². The van der Waals surface area contributed by atoms with Crippen molar-refractivity contribution in [3.05, 3.63) is 68.6 Å². The average molecular weight is 312 g/mol. The third-order valence-electron chi connectivity index (χ3n) is 3.24. The number of hydrogen-bond donors (Lipinski definition) is 1. The van der Waals surface area contributed by atoms with Gasteiger partial charge in [-0.3, -0.25) is 9.20 Å². The van der Waals surface area contributed by atoms with Crippen molar-refractivity contribution in [2.24, 2.45) is 0 Å². The van der Waals surface area contributed by atoms with Gasteiger partial charge in [-0.2, -0.15) is 0 Å².